The summed E-state index contributed by atoms with van der Waals surface area (Å²) in [5.41, 5.74) is 0. The molecule has 6 heteroatoms. The zero-order valence-corrected chi connectivity index (χ0v) is 7.95. The number of hydrogen-bond donors (Lipinski definition) is 1. The third-order valence-electron chi connectivity index (χ3n) is 0.980. The van der Waals surface area contributed by atoms with Gasteiger partial charge in [0.1, 0.15) is 0 Å². The van der Waals surface area contributed by atoms with Crippen LogP contribution in [0, 0.1) is 0 Å². The standard InChI is InChI=1S/C5H12O3S2.FH/c1-2-3-4-5-8-10(6,7)9;/h2-5H2,1H3,(H,6,7,9);1H. The molecule has 1 N–H and O–H groups in total. The zero-order valence-electron chi connectivity index (χ0n) is 6.32. The van der Waals surface area contributed by atoms with E-state index < -0.39 is 9.05 Å². The minimum atomic E-state index is -3.37. The highest BCUT2D eigenvalue weighted by Crippen LogP contribution is 1.96. The summed E-state index contributed by atoms with van der Waals surface area (Å²) in [7, 11) is -3.37. The third-order valence-corrected chi connectivity index (χ3v) is 1.73. The summed E-state index contributed by atoms with van der Waals surface area (Å²) >= 11 is 4.10. The number of halogens is 1. The van der Waals surface area contributed by atoms with Crippen LogP contribution in [0.2, 0.25) is 0 Å². The highest BCUT2D eigenvalue weighted by atomic mass is 32.9. The van der Waals surface area contributed by atoms with Gasteiger partial charge in [-0.3, -0.25) is 13.4 Å². The normalized spacial score (nSPS) is 15.1. The topological polar surface area (TPSA) is 46.5 Å². The van der Waals surface area contributed by atoms with Crippen LogP contribution in [-0.4, -0.2) is 15.4 Å². The molecule has 0 aromatic heterocycles. The third kappa shape index (κ3) is 13.2. The molecule has 0 heterocycles. The van der Waals surface area contributed by atoms with Crippen molar-refractivity contribution in [1.82, 2.24) is 0 Å². The Morgan fingerprint density at radius 2 is 2.09 bits per heavy atom. The van der Waals surface area contributed by atoms with Crippen LogP contribution >= 0.6 is 0 Å². The molecule has 0 aromatic carbocycles. The zero-order chi connectivity index (χ0) is 8.04. The number of unbranched alkanes of at least 4 members (excludes halogenated alkanes) is 2. The van der Waals surface area contributed by atoms with Gasteiger partial charge in [0.05, 0.1) is 6.61 Å². The Bertz CT molecular complexity index is 167. The van der Waals surface area contributed by atoms with Gasteiger partial charge in [-0.2, -0.15) is 4.21 Å². The van der Waals surface area contributed by atoms with E-state index in [9.17, 15) is 4.21 Å². The molecule has 0 radical (unpaired) electrons. The highest BCUT2D eigenvalue weighted by Gasteiger charge is 1.97. The summed E-state index contributed by atoms with van der Waals surface area (Å²) < 4.78 is 23.2. The number of hydrogen-bond acceptors (Lipinski definition) is 3. The van der Waals surface area contributed by atoms with Crippen LogP contribution in [0.3, 0.4) is 0 Å². The van der Waals surface area contributed by atoms with Crippen molar-refractivity contribution < 1.29 is 17.6 Å². The lowest BCUT2D eigenvalue weighted by Crippen LogP contribution is -2.02. The molecular formula is C5H13FO3S2. The minimum absolute atomic E-state index is 0. The van der Waals surface area contributed by atoms with Crippen LogP contribution in [0.5, 0.6) is 0 Å². The smallest absolute Gasteiger partial charge is 0.266 e. The Morgan fingerprint density at radius 1 is 1.55 bits per heavy atom. The summed E-state index contributed by atoms with van der Waals surface area (Å²) in [6, 6.07) is 0. The second-order valence-electron chi connectivity index (χ2n) is 1.96. The Balaban J connectivity index is 0. The molecule has 0 aromatic rings. The average Bonchev–Trinajstić information content (AvgIpc) is 1.78. The maximum absolute atomic E-state index is 10.3. The monoisotopic (exact) mass is 204 g/mol. The van der Waals surface area contributed by atoms with Crippen LogP contribution in [0.15, 0.2) is 0 Å². The largest absolute Gasteiger partial charge is 0.285 e. The van der Waals surface area contributed by atoms with Crippen molar-refractivity contribution in [3.05, 3.63) is 0 Å². The molecule has 0 aliphatic rings. The second-order valence-corrected chi connectivity index (χ2v) is 4.31. The molecule has 0 fully saturated rings. The first kappa shape index (κ1) is 13.8. The summed E-state index contributed by atoms with van der Waals surface area (Å²) in [4.78, 5) is 0. The van der Waals surface area contributed by atoms with Crippen molar-refractivity contribution in [2.45, 2.75) is 26.2 Å². The Hall–Kier alpha value is 0.220. The molecule has 11 heavy (non-hydrogen) atoms. The quantitative estimate of drug-likeness (QED) is 0.689. The fourth-order valence-corrected chi connectivity index (χ4v) is 1.05. The molecule has 0 aliphatic carbocycles. The molecular weight excluding hydrogens is 191 g/mol. The van der Waals surface area contributed by atoms with E-state index in [-0.39, 0.29) is 11.3 Å². The van der Waals surface area contributed by atoms with E-state index >= 15 is 0 Å². The summed E-state index contributed by atoms with van der Waals surface area (Å²) in [5, 5.41) is 0. The van der Waals surface area contributed by atoms with E-state index in [0.29, 0.717) is 0 Å². The summed E-state index contributed by atoms with van der Waals surface area (Å²) in [6.07, 6.45) is 2.86. The SMILES string of the molecule is CCCCCOS(=O)(O)=S.F. The molecule has 3 nitrogen and oxygen atoms in total. The number of rotatable bonds is 5. The maximum atomic E-state index is 10.3. The van der Waals surface area contributed by atoms with Gasteiger partial charge in [-0.15, -0.1) is 0 Å². The average molecular weight is 204 g/mol. The predicted molar refractivity (Wildman–Crippen MR) is 46.1 cm³/mol. The predicted octanol–water partition coefficient (Wildman–Crippen LogP) is 1.48. The highest BCUT2D eigenvalue weighted by molar-refractivity contribution is 8.27. The van der Waals surface area contributed by atoms with Crippen molar-refractivity contribution in [1.29, 1.82) is 0 Å². The Kier molecular flexibility index (Phi) is 8.65. The molecule has 0 saturated carbocycles. The molecule has 0 rings (SSSR count). The molecule has 1 unspecified atom stereocenters. The summed E-state index contributed by atoms with van der Waals surface area (Å²) in [5.74, 6) is 0. The van der Waals surface area contributed by atoms with Crippen molar-refractivity contribution >= 4 is 20.2 Å². The second kappa shape index (κ2) is 6.90. The lowest BCUT2D eigenvalue weighted by Gasteiger charge is -1.99. The van der Waals surface area contributed by atoms with Gasteiger partial charge in [0.15, 0.2) is 0 Å². The first-order valence-corrected chi connectivity index (χ1v) is 5.54. The van der Waals surface area contributed by atoms with Gasteiger partial charge in [-0.1, -0.05) is 19.8 Å². The van der Waals surface area contributed by atoms with Crippen LogP contribution in [0.25, 0.3) is 0 Å². The van der Waals surface area contributed by atoms with Crippen LogP contribution in [-0.2, 0) is 24.4 Å². The van der Waals surface area contributed by atoms with Gasteiger partial charge in [0, 0.05) is 11.2 Å². The van der Waals surface area contributed by atoms with E-state index in [4.69, 9.17) is 4.55 Å². The van der Waals surface area contributed by atoms with E-state index in [2.05, 4.69) is 15.4 Å². The van der Waals surface area contributed by atoms with E-state index in [1.165, 1.54) is 0 Å². The first-order chi connectivity index (χ1) is 4.56. The van der Waals surface area contributed by atoms with Crippen molar-refractivity contribution in [2.75, 3.05) is 6.61 Å². The molecule has 1 atom stereocenters. The Labute approximate surface area is 71.2 Å². The van der Waals surface area contributed by atoms with E-state index in [0.717, 1.165) is 19.3 Å². The van der Waals surface area contributed by atoms with E-state index in [1.54, 1.807) is 0 Å². The van der Waals surface area contributed by atoms with E-state index in [1.807, 2.05) is 6.92 Å². The van der Waals surface area contributed by atoms with Gasteiger partial charge in [0.2, 0.25) is 0 Å². The molecule has 0 amide bonds. The van der Waals surface area contributed by atoms with Crippen molar-refractivity contribution in [3.63, 3.8) is 0 Å². The summed E-state index contributed by atoms with van der Waals surface area (Å²) in [6.45, 7) is 2.33. The molecule has 0 aliphatic heterocycles. The van der Waals surface area contributed by atoms with Crippen LogP contribution in [0.1, 0.15) is 26.2 Å². The molecule has 70 valence electrons. The molecule has 0 spiro atoms. The first-order valence-electron chi connectivity index (χ1n) is 3.18. The van der Waals surface area contributed by atoms with Gasteiger partial charge in [-0.25, -0.2) is 0 Å². The van der Waals surface area contributed by atoms with Crippen molar-refractivity contribution in [2.24, 2.45) is 0 Å². The van der Waals surface area contributed by atoms with Gasteiger partial charge in [-0.05, 0) is 6.42 Å². The fraction of sp³-hybridized carbons (Fsp3) is 1.00. The maximum Gasteiger partial charge on any atom is 0.266 e. The molecule has 0 bridgehead atoms. The Morgan fingerprint density at radius 3 is 2.45 bits per heavy atom. The minimum Gasteiger partial charge on any atom is -0.285 e. The van der Waals surface area contributed by atoms with Gasteiger partial charge < -0.3 is 0 Å². The van der Waals surface area contributed by atoms with Crippen LogP contribution < -0.4 is 0 Å². The lowest BCUT2D eigenvalue weighted by atomic mass is 10.3. The van der Waals surface area contributed by atoms with Gasteiger partial charge >= 0.3 is 0 Å². The van der Waals surface area contributed by atoms with Gasteiger partial charge in [0.25, 0.3) is 9.05 Å². The fourth-order valence-electron chi connectivity index (χ4n) is 0.516. The van der Waals surface area contributed by atoms with Crippen LogP contribution in [0.4, 0.5) is 4.70 Å². The molecule has 0 saturated heterocycles. The van der Waals surface area contributed by atoms with Crippen molar-refractivity contribution in [3.8, 4) is 0 Å². The lowest BCUT2D eigenvalue weighted by molar-refractivity contribution is 0.295.